The first kappa shape index (κ1) is 57.0. The highest BCUT2D eigenvalue weighted by atomic mass is 16.6. The van der Waals surface area contributed by atoms with Crippen LogP contribution in [0.15, 0.2) is 158 Å². The second-order valence-corrected chi connectivity index (χ2v) is 14.9. The zero-order valence-corrected chi connectivity index (χ0v) is 38.8. The van der Waals surface area contributed by atoms with Gasteiger partial charge in [0.15, 0.2) is 6.10 Å². The van der Waals surface area contributed by atoms with Crippen LogP contribution in [-0.2, 0) is 28.6 Å². The summed E-state index contributed by atoms with van der Waals surface area (Å²) < 4.78 is 16.6. The molecule has 0 aromatic rings. The van der Waals surface area contributed by atoms with Crippen molar-refractivity contribution in [3.63, 3.8) is 0 Å². The Morgan fingerprint density at radius 3 is 1.03 bits per heavy atom. The van der Waals surface area contributed by atoms with Crippen LogP contribution in [0.25, 0.3) is 0 Å². The van der Waals surface area contributed by atoms with Gasteiger partial charge in [0.1, 0.15) is 13.2 Å². The molecule has 342 valence electrons. The summed E-state index contributed by atoms with van der Waals surface area (Å²) in [5, 5.41) is 0. The molecule has 0 amide bonds. The molecular formula is C56H82O6. The van der Waals surface area contributed by atoms with Crippen molar-refractivity contribution >= 4 is 17.9 Å². The normalized spacial score (nSPS) is 13.5. The predicted molar refractivity (Wildman–Crippen MR) is 265 cm³/mol. The fourth-order valence-electron chi connectivity index (χ4n) is 5.56. The molecule has 1 unspecified atom stereocenters. The first-order valence-electron chi connectivity index (χ1n) is 23.7. The van der Waals surface area contributed by atoms with Gasteiger partial charge in [-0.3, -0.25) is 14.4 Å². The number of esters is 3. The van der Waals surface area contributed by atoms with Gasteiger partial charge in [0.2, 0.25) is 0 Å². The van der Waals surface area contributed by atoms with E-state index in [9.17, 15) is 14.4 Å². The number of carbonyl (C=O) groups is 3. The standard InChI is InChI=1S/C56H82O6/c1-4-7-10-13-16-19-22-25-26-27-28-29-32-34-37-40-43-46-49-55(58)61-52-53(62-56(59)50-47-44-41-38-35-31-24-21-18-15-12-9-6-3)51-60-54(57)48-45-42-39-36-33-30-23-20-17-14-11-8-5-2/h8-29,31,35,38,41,53H,4-7,30,32-34,36-37,39-40,42-52H2,1-3H3/b11-8+,12-9+,13-10+,17-14+,18-15+,19-16+,23-20+,24-21+,25-22+,27-26+,29-28+,35-31+,41-38+. The number of hydrogen-bond acceptors (Lipinski definition) is 6. The summed E-state index contributed by atoms with van der Waals surface area (Å²) >= 11 is 0. The van der Waals surface area contributed by atoms with Crippen LogP contribution in [0.5, 0.6) is 0 Å². The summed E-state index contributed by atoms with van der Waals surface area (Å²) in [7, 11) is 0. The fraction of sp³-hybridized carbons (Fsp3) is 0.482. The molecule has 0 aliphatic rings. The summed E-state index contributed by atoms with van der Waals surface area (Å²) in [6.45, 7) is 6.12. The average Bonchev–Trinajstić information content (AvgIpc) is 3.27. The van der Waals surface area contributed by atoms with Crippen molar-refractivity contribution in [2.24, 2.45) is 0 Å². The van der Waals surface area contributed by atoms with Gasteiger partial charge in [-0.15, -0.1) is 0 Å². The molecule has 0 aromatic carbocycles. The molecule has 0 N–H and O–H groups in total. The van der Waals surface area contributed by atoms with E-state index in [1.807, 2.05) is 97.2 Å². The SMILES string of the molecule is CC/C=C/C=C/C=C/C=C/C=C/CCCC(=O)OC(COC(=O)CCCCCCC/C=C/C=C/C=C/C=C/C=C/CCC)COC(=O)CCCCCCC/C=C/C=C/C=C/CC. The number of ether oxygens (including phenoxy) is 3. The summed E-state index contributed by atoms with van der Waals surface area (Å²) in [4.78, 5) is 37.8. The van der Waals surface area contributed by atoms with Crippen molar-refractivity contribution < 1.29 is 28.6 Å². The quantitative estimate of drug-likeness (QED) is 0.0265. The van der Waals surface area contributed by atoms with E-state index in [1.165, 1.54) is 6.42 Å². The number of rotatable bonds is 39. The Hall–Kier alpha value is -4.97. The Labute approximate surface area is 378 Å². The maximum atomic E-state index is 12.7. The van der Waals surface area contributed by atoms with E-state index in [0.29, 0.717) is 25.7 Å². The van der Waals surface area contributed by atoms with Gasteiger partial charge < -0.3 is 14.2 Å². The fourth-order valence-corrected chi connectivity index (χ4v) is 5.56. The van der Waals surface area contributed by atoms with Crippen molar-refractivity contribution in [1.82, 2.24) is 0 Å². The topological polar surface area (TPSA) is 78.9 Å². The summed E-state index contributed by atoms with van der Waals surface area (Å²) in [5.74, 6) is -1.07. The van der Waals surface area contributed by atoms with Gasteiger partial charge in [0.05, 0.1) is 0 Å². The number of hydrogen-bond donors (Lipinski definition) is 0. The maximum Gasteiger partial charge on any atom is 0.306 e. The molecule has 6 heteroatoms. The Balaban J connectivity index is 4.61. The van der Waals surface area contributed by atoms with Crippen LogP contribution >= 0.6 is 0 Å². The zero-order chi connectivity index (χ0) is 45.1. The zero-order valence-electron chi connectivity index (χ0n) is 38.8. The van der Waals surface area contributed by atoms with Crippen molar-refractivity contribution in [3.05, 3.63) is 158 Å². The van der Waals surface area contributed by atoms with Gasteiger partial charge in [0, 0.05) is 19.3 Å². The molecule has 0 radical (unpaired) electrons. The highest BCUT2D eigenvalue weighted by molar-refractivity contribution is 5.71. The molecule has 62 heavy (non-hydrogen) atoms. The molecule has 0 heterocycles. The molecule has 1 atom stereocenters. The minimum absolute atomic E-state index is 0.134. The predicted octanol–water partition coefficient (Wildman–Crippen LogP) is 15.5. The van der Waals surface area contributed by atoms with Gasteiger partial charge in [-0.05, 0) is 70.6 Å². The highest BCUT2D eigenvalue weighted by Crippen LogP contribution is 2.11. The molecule has 0 saturated carbocycles. The van der Waals surface area contributed by atoms with Gasteiger partial charge in [-0.2, -0.15) is 0 Å². The smallest absolute Gasteiger partial charge is 0.306 e. The number of unbranched alkanes of at least 4 members (excludes halogenated alkanes) is 12. The third-order valence-corrected chi connectivity index (χ3v) is 9.05. The van der Waals surface area contributed by atoms with E-state index in [1.54, 1.807) is 0 Å². The van der Waals surface area contributed by atoms with Gasteiger partial charge in [-0.25, -0.2) is 0 Å². The lowest BCUT2D eigenvalue weighted by molar-refractivity contribution is -0.167. The van der Waals surface area contributed by atoms with Crippen molar-refractivity contribution in [3.8, 4) is 0 Å². The molecule has 6 nitrogen and oxygen atoms in total. The molecule has 0 spiro atoms. The summed E-state index contributed by atoms with van der Waals surface area (Å²) in [6.07, 6.45) is 70.8. The maximum absolute atomic E-state index is 12.7. The first-order chi connectivity index (χ1) is 30.5. The second-order valence-electron chi connectivity index (χ2n) is 14.9. The van der Waals surface area contributed by atoms with Crippen LogP contribution in [0.2, 0.25) is 0 Å². The molecule has 0 bridgehead atoms. The third kappa shape index (κ3) is 46.1. The minimum Gasteiger partial charge on any atom is -0.462 e. The summed E-state index contributed by atoms with van der Waals surface area (Å²) in [6, 6.07) is 0. The Kier molecular flexibility index (Phi) is 44.8. The molecular weight excluding hydrogens is 769 g/mol. The molecule has 0 aliphatic heterocycles. The van der Waals surface area contributed by atoms with Crippen LogP contribution in [-0.4, -0.2) is 37.2 Å². The Bertz CT molecular complexity index is 1490. The molecule has 0 aliphatic carbocycles. The van der Waals surface area contributed by atoms with Crippen molar-refractivity contribution in [2.75, 3.05) is 13.2 Å². The third-order valence-electron chi connectivity index (χ3n) is 9.05. The van der Waals surface area contributed by atoms with E-state index >= 15 is 0 Å². The molecule has 0 fully saturated rings. The van der Waals surface area contributed by atoms with Gasteiger partial charge in [-0.1, -0.05) is 224 Å². The lowest BCUT2D eigenvalue weighted by Gasteiger charge is -2.18. The Morgan fingerprint density at radius 1 is 0.339 bits per heavy atom. The number of carbonyl (C=O) groups excluding carboxylic acids is 3. The first-order valence-corrected chi connectivity index (χ1v) is 23.7. The second kappa shape index (κ2) is 48.7. The lowest BCUT2D eigenvalue weighted by Crippen LogP contribution is -2.30. The van der Waals surface area contributed by atoms with Crippen LogP contribution in [0.1, 0.15) is 156 Å². The largest absolute Gasteiger partial charge is 0.462 e. The monoisotopic (exact) mass is 851 g/mol. The number of allylic oxidation sites excluding steroid dienone is 26. The van der Waals surface area contributed by atoms with Gasteiger partial charge >= 0.3 is 17.9 Å². The minimum atomic E-state index is -0.841. The average molecular weight is 851 g/mol. The van der Waals surface area contributed by atoms with Crippen molar-refractivity contribution in [2.45, 2.75) is 162 Å². The van der Waals surface area contributed by atoms with Crippen molar-refractivity contribution in [1.29, 1.82) is 0 Å². The van der Waals surface area contributed by atoms with E-state index < -0.39 is 12.1 Å². The molecule has 0 saturated heterocycles. The Morgan fingerprint density at radius 2 is 0.645 bits per heavy atom. The van der Waals surface area contributed by atoms with Crippen LogP contribution in [0.3, 0.4) is 0 Å². The van der Waals surface area contributed by atoms with Crippen LogP contribution in [0, 0.1) is 0 Å². The highest BCUT2D eigenvalue weighted by Gasteiger charge is 2.19. The van der Waals surface area contributed by atoms with E-state index in [-0.39, 0.29) is 31.6 Å². The summed E-state index contributed by atoms with van der Waals surface area (Å²) in [5.41, 5.74) is 0. The molecule has 0 aromatic heterocycles. The van der Waals surface area contributed by atoms with Crippen LogP contribution in [0.4, 0.5) is 0 Å². The van der Waals surface area contributed by atoms with E-state index in [4.69, 9.17) is 14.2 Å². The van der Waals surface area contributed by atoms with E-state index in [0.717, 1.165) is 96.3 Å². The van der Waals surface area contributed by atoms with Crippen LogP contribution < -0.4 is 0 Å². The van der Waals surface area contributed by atoms with Gasteiger partial charge in [0.25, 0.3) is 0 Å². The lowest BCUT2D eigenvalue weighted by atomic mass is 10.1. The molecule has 0 rings (SSSR count). The van der Waals surface area contributed by atoms with E-state index in [2.05, 4.69) is 81.5 Å².